The molecule has 2 aromatic carbocycles. The molecule has 3 aromatic rings. The third-order valence-electron chi connectivity index (χ3n) is 4.20. The lowest BCUT2D eigenvalue weighted by Gasteiger charge is -2.24. The number of methoxy groups -OCH3 is 1. The molecular weight excluding hydrogens is 490 g/mol. The van der Waals surface area contributed by atoms with Gasteiger partial charge in [0.2, 0.25) is 0 Å². The number of halogens is 4. The minimum Gasteiger partial charge on any atom is -0.465 e. The molecule has 1 aromatic heterocycles. The van der Waals surface area contributed by atoms with Crippen molar-refractivity contribution in [2.45, 2.75) is 11.4 Å². The Morgan fingerprint density at radius 2 is 1.74 bits per heavy atom. The molecule has 0 atom stereocenters. The van der Waals surface area contributed by atoms with Gasteiger partial charge in [0.15, 0.2) is 5.82 Å². The molecule has 0 N–H and O–H groups in total. The summed E-state index contributed by atoms with van der Waals surface area (Å²) in [7, 11) is -3.01. The molecule has 1 heterocycles. The Balaban J connectivity index is 2.09. The van der Waals surface area contributed by atoms with Crippen LogP contribution in [0.5, 0.6) is 0 Å². The number of anilines is 1. The summed E-state index contributed by atoms with van der Waals surface area (Å²) in [4.78, 5) is 15.6. The van der Waals surface area contributed by atoms with Crippen molar-refractivity contribution in [1.29, 1.82) is 0 Å². The number of rotatable bonds is 6. The molecular formula is C20H14Cl3FN2O4S. The summed E-state index contributed by atoms with van der Waals surface area (Å²) in [5.74, 6) is -1.41. The van der Waals surface area contributed by atoms with Gasteiger partial charge >= 0.3 is 5.97 Å². The lowest BCUT2D eigenvalue weighted by molar-refractivity contribution is 0.0600. The van der Waals surface area contributed by atoms with Crippen molar-refractivity contribution in [1.82, 2.24) is 4.98 Å². The maximum Gasteiger partial charge on any atom is 0.337 e. The summed E-state index contributed by atoms with van der Waals surface area (Å²) in [6, 6.07) is 10.4. The lowest BCUT2D eigenvalue weighted by atomic mass is 10.2. The van der Waals surface area contributed by atoms with Crippen molar-refractivity contribution in [3.8, 4) is 0 Å². The standard InChI is InChI=1S/C20H14Cl3FN2O4S/c1-30-20(27)13-3-5-15(6-4-13)31(28,29)26(19-17(23)9-14(21)10-25-19)11-12-2-7-16(22)18(24)8-12/h2-10H,11H2,1H3. The Morgan fingerprint density at radius 3 is 2.32 bits per heavy atom. The number of ether oxygens (including phenoxy) is 1. The Bertz CT molecular complexity index is 1240. The summed E-state index contributed by atoms with van der Waals surface area (Å²) in [6.07, 6.45) is 1.24. The van der Waals surface area contributed by atoms with Gasteiger partial charge in [0.05, 0.1) is 39.2 Å². The van der Waals surface area contributed by atoms with Crippen molar-refractivity contribution in [2.75, 3.05) is 11.4 Å². The molecule has 0 unspecified atom stereocenters. The highest BCUT2D eigenvalue weighted by atomic mass is 35.5. The van der Waals surface area contributed by atoms with E-state index in [0.29, 0.717) is 5.56 Å². The van der Waals surface area contributed by atoms with E-state index in [1.54, 1.807) is 0 Å². The number of hydrogen-bond donors (Lipinski definition) is 0. The molecule has 0 saturated heterocycles. The SMILES string of the molecule is COC(=O)c1ccc(S(=O)(=O)N(Cc2ccc(Cl)c(F)c2)c2ncc(Cl)cc2Cl)cc1. The number of aromatic nitrogens is 1. The molecule has 0 aliphatic heterocycles. The van der Waals surface area contributed by atoms with Gasteiger partial charge in [0.25, 0.3) is 10.0 Å². The van der Waals surface area contributed by atoms with Crippen LogP contribution in [0, 0.1) is 5.82 Å². The molecule has 0 radical (unpaired) electrons. The Hall–Kier alpha value is -2.39. The van der Waals surface area contributed by atoms with E-state index in [9.17, 15) is 17.6 Å². The van der Waals surface area contributed by atoms with Gasteiger partial charge in [-0.3, -0.25) is 0 Å². The van der Waals surface area contributed by atoms with Crippen LogP contribution in [0.1, 0.15) is 15.9 Å². The molecule has 162 valence electrons. The number of carbonyl (C=O) groups is 1. The van der Waals surface area contributed by atoms with Crippen molar-refractivity contribution in [3.05, 3.63) is 86.7 Å². The first kappa shape index (κ1) is 23.3. The zero-order chi connectivity index (χ0) is 22.8. The van der Waals surface area contributed by atoms with E-state index in [0.717, 1.165) is 10.4 Å². The van der Waals surface area contributed by atoms with E-state index < -0.39 is 21.8 Å². The molecule has 6 nitrogen and oxygen atoms in total. The van der Waals surface area contributed by atoms with Crippen molar-refractivity contribution >= 4 is 56.6 Å². The monoisotopic (exact) mass is 502 g/mol. The largest absolute Gasteiger partial charge is 0.465 e. The fourth-order valence-electron chi connectivity index (χ4n) is 2.68. The number of hydrogen-bond acceptors (Lipinski definition) is 5. The van der Waals surface area contributed by atoms with Crippen molar-refractivity contribution < 1.29 is 22.3 Å². The topological polar surface area (TPSA) is 76.6 Å². The molecule has 31 heavy (non-hydrogen) atoms. The van der Waals surface area contributed by atoms with Gasteiger partial charge in [-0.2, -0.15) is 0 Å². The summed E-state index contributed by atoms with van der Waals surface area (Å²) < 4.78 is 46.3. The minimum absolute atomic E-state index is 0.0170. The van der Waals surface area contributed by atoms with E-state index in [1.165, 1.54) is 55.8 Å². The van der Waals surface area contributed by atoms with E-state index in [4.69, 9.17) is 34.8 Å². The number of carbonyl (C=O) groups excluding carboxylic acids is 1. The number of benzene rings is 2. The maximum atomic E-state index is 13.9. The quantitative estimate of drug-likeness (QED) is 0.423. The molecule has 0 fully saturated rings. The third-order valence-corrected chi connectivity index (χ3v) is 6.74. The highest BCUT2D eigenvalue weighted by Crippen LogP contribution is 2.32. The second-order valence-electron chi connectivity index (χ2n) is 6.24. The van der Waals surface area contributed by atoms with Crippen LogP contribution in [0.25, 0.3) is 0 Å². The summed E-state index contributed by atoms with van der Waals surface area (Å²) >= 11 is 17.8. The van der Waals surface area contributed by atoms with E-state index in [2.05, 4.69) is 9.72 Å². The van der Waals surface area contributed by atoms with Gasteiger partial charge in [-0.25, -0.2) is 26.9 Å². The lowest BCUT2D eigenvalue weighted by Crippen LogP contribution is -2.31. The molecule has 0 aliphatic rings. The highest BCUT2D eigenvalue weighted by Gasteiger charge is 2.29. The van der Waals surface area contributed by atoms with Gasteiger partial charge < -0.3 is 4.74 Å². The summed E-state index contributed by atoms with van der Waals surface area (Å²) in [5, 5.41) is 0.0990. The number of nitrogens with zero attached hydrogens (tertiary/aromatic N) is 2. The van der Waals surface area contributed by atoms with Crippen LogP contribution in [-0.2, 0) is 21.3 Å². The van der Waals surface area contributed by atoms with Crippen LogP contribution >= 0.6 is 34.8 Å². The smallest absolute Gasteiger partial charge is 0.337 e. The van der Waals surface area contributed by atoms with E-state index in [1.807, 2.05) is 0 Å². The highest BCUT2D eigenvalue weighted by molar-refractivity contribution is 7.92. The second kappa shape index (κ2) is 9.40. The predicted molar refractivity (Wildman–Crippen MR) is 117 cm³/mol. The van der Waals surface area contributed by atoms with Gasteiger partial charge in [0.1, 0.15) is 5.82 Å². The van der Waals surface area contributed by atoms with Gasteiger partial charge in [-0.1, -0.05) is 40.9 Å². The number of pyridine rings is 1. The molecule has 11 heteroatoms. The Kier molecular flexibility index (Phi) is 7.06. The van der Waals surface area contributed by atoms with E-state index >= 15 is 0 Å². The maximum absolute atomic E-state index is 13.9. The van der Waals surface area contributed by atoms with Gasteiger partial charge in [0, 0.05) is 6.20 Å². The fourth-order valence-corrected chi connectivity index (χ4v) is 4.75. The van der Waals surface area contributed by atoms with Crippen LogP contribution in [0.15, 0.2) is 59.6 Å². The van der Waals surface area contributed by atoms with Crippen molar-refractivity contribution in [2.24, 2.45) is 0 Å². The summed E-state index contributed by atoms with van der Waals surface area (Å²) in [6.45, 7) is -0.288. The van der Waals surface area contributed by atoms with Crippen LogP contribution in [0.3, 0.4) is 0 Å². The fraction of sp³-hybridized carbons (Fsp3) is 0.100. The summed E-state index contributed by atoms with van der Waals surface area (Å²) in [5.41, 5.74) is 0.486. The average Bonchev–Trinajstić information content (AvgIpc) is 2.74. The average molecular weight is 504 g/mol. The molecule has 3 rings (SSSR count). The minimum atomic E-state index is -4.22. The molecule has 0 saturated carbocycles. The first-order valence-electron chi connectivity index (χ1n) is 8.59. The normalized spacial score (nSPS) is 11.3. The molecule has 0 aliphatic carbocycles. The second-order valence-corrected chi connectivity index (χ2v) is 9.35. The van der Waals surface area contributed by atoms with Crippen LogP contribution < -0.4 is 4.31 Å². The van der Waals surface area contributed by atoms with Crippen LogP contribution in [0.4, 0.5) is 10.2 Å². The Labute approximate surface area is 193 Å². The first-order chi connectivity index (χ1) is 14.6. The zero-order valence-electron chi connectivity index (χ0n) is 15.9. The van der Waals surface area contributed by atoms with Gasteiger partial charge in [-0.05, 0) is 48.0 Å². The predicted octanol–water partition coefficient (Wildman–Crippen LogP) is 5.36. The van der Waals surface area contributed by atoms with Crippen LogP contribution in [-0.4, -0.2) is 26.5 Å². The third kappa shape index (κ3) is 5.10. The number of esters is 1. The Morgan fingerprint density at radius 1 is 1.06 bits per heavy atom. The molecule has 0 bridgehead atoms. The van der Waals surface area contributed by atoms with Crippen LogP contribution in [0.2, 0.25) is 15.1 Å². The molecule has 0 spiro atoms. The van der Waals surface area contributed by atoms with Crippen molar-refractivity contribution in [3.63, 3.8) is 0 Å². The molecule has 0 amide bonds. The zero-order valence-corrected chi connectivity index (χ0v) is 18.9. The van der Waals surface area contributed by atoms with Gasteiger partial charge in [-0.15, -0.1) is 0 Å². The first-order valence-corrected chi connectivity index (χ1v) is 11.2. The number of sulfonamides is 1. The van der Waals surface area contributed by atoms with E-state index in [-0.39, 0.29) is 37.9 Å².